The van der Waals surface area contributed by atoms with Crippen LogP contribution in [0.15, 0.2) is 0 Å². The van der Waals surface area contributed by atoms with Crippen molar-refractivity contribution >= 4 is 9.84 Å². The molecule has 0 aromatic rings. The fourth-order valence-electron chi connectivity index (χ4n) is 3.06. The fraction of sp³-hybridized carbons (Fsp3) is 1.00. The van der Waals surface area contributed by atoms with Crippen molar-refractivity contribution in [3.05, 3.63) is 0 Å². The molecular weight excluding hydrogens is 234 g/mol. The van der Waals surface area contributed by atoms with E-state index in [9.17, 15) is 8.42 Å². The largest absolute Gasteiger partial charge is 0.310 e. The van der Waals surface area contributed by atoms with Gasteiger partial charge in [-0.15, -0.1) is 0 Å². The zero-order chi connectivity index (χ0) is 13.3. The molecule has 0 radical (unpaired) electrons. The van der Waals surface area contributed by atoms with Crippen molar-refractivity contribution in [1.29, 1.82) is 0 Å². The van der Waals surface area contributed by atoms with Gasteiger partial charge < -0.3 is 5.32 Å². The first kappa shape index (κ1) is 15.0. The van der Waals surface area contributed by atoms with Gasteiger partial charge in [0, 0.05) is 18.3 Å². The van der Waals surface area contributed by atoms with Gasteiger partial charge in [-0.1, -0.05) is 20.8 Å². The Morgan fingerprint density at radius 2 is 2.00 bits per heavy atom. The van der Waals surface area contributed by atoms with E-state index in [-0.39, 0.29) is 11.8 Å². The Morgan fingerprint density at radius 1 is 1.41 bits per heavy atom. The van der Waals surface area contributed by atoms with Crippen LogP contribution in [0.4, 0.5) is 0 Å². The van der Waals surface area contributed by atoms with Crippen molar-refractivity contribution in [2.24, 2.45) is 11.3 Å². The second-order valence-corrected chi connectivity index (χ2v) is 8.84. The van der Waals surface area contributed by atoms with Crippen LogP contribution in [0.1, 0.15) is 47.0 Å². The molecule has 1 aliphatic carbocycles. The Labute approximate surface area is 106 Å². The highest BCUT2D eigenvalue weighted by Crippen LogP contribution is 2.38. The number of hydrogen-bond donors (Lipinski definition) is 1. The lowest BCUT2D eigenvalue weighted by atomic mass is 9.70. The van der Waals surface area contributed by atoms with Crippen molar-refractivity contribution in [3.8, 4) is 0 Å². The standard InChI is InChI=1S/C13H27NO2S/c1-10-8-13(3,4)7-6-12(10)14-11(2)9-17(5,15)16/h10-12,14H,6-9H2,1-5H3. The molecule has 4 heteroatoms. The maximum absolute atomic E-state index is 11.2. The Morgan fingerprint density at radius 3 is 2.47 bits per heavy atom. The quantitative estimate of drug-likeness (QED) is 0.844. The topological polar surface area (TPSA) is 46.2 Å². The van der Waals surface area contributed by atoms with E-state index in [0.29, 0.717) is 17.4 Å². The van der Waals surface area contributed by atoms with Crippen LogP contribution in [0, 0.1) is 11.3 Å². The number of rotatable bonds is 4. The summed E-state index contributed by atoms with van der Waals surface area (Å²) in [6, 6.07) is 0.526. The molecule has 1 aliphatic rings. The monoisotopic (exact) mass is 261 g/mol. The van der Waals surface area contributed by atoms with Crippen LogP contribution in [0.2, 0.25) is 0 Å². The molecule has 0 bridgehead atoms. The van der Waals surface area contributed by atoms with Gasteiger partial charge >= 0.3 is 0 Å². The first-order chi connectivity index (χ1) is 7.59. The second-order valence-electron chi connectivity index (χ2n) is 6.65. The predicted octanol–water partition coefficient (Wildman–Crippen LogP) is 2.22. The highest BCUT2D eigenvalue weighted by Gasteiger charge is 2.32. The summed E-state index contributed by atoms with van der Waals surface area (Å²) in [5.74, 6) is 0.861. The Bertz CT molecular complexity index is 348. The molecule has 0 spiro atoms. The normalized spacial score (nSPS) is 31.1. The van der Waals surface area contributed by atoms with Crippen LogP contribution in [-0.4, -0.2) is 32.5 Å². The third-order valence-corrected chi connectivity index (χ3v) is 4.85. The highest BCUT2D eigenvalue weighted by molar-refractivity contribution is 7.90. The molecule has 0 amide bonds. The third kappa shape index (κ3) is 5.38. The van der Waals surface area contributed by atoms with Gasteiger partial charge in [-0.2, -0.15) is 0 Å². The SMILES string of the molecule is CC(CS(C)(=O)=O)NC1CCC(C)(C)CC1C. The molecule has 102 valence electrons. The van der Waals surface area contributed by atoms with Crippen LogP contribution in [-0.2, 0) is 9.84 Å². The van der Waals surface area contributed by atoms with Crippen molar-refractivity contribution in [3.63, 3.8) is 0 Å². The summed E-state index contributed by atoms with van der Waals surface area (Å²) in [5, 5.41) is 3.48. The van der Waals surface area contributed by atoms with Crippen molar-refractivity contribution in [2.75, 3.05) is 12.0 Å². The molecule has 0 aliphatic heterocycles. The molecule has 0 aromatic carbocycles. The minimum Gasteiger partial charge on any atom is -0.310 e. The Balaban J connectivity index is 2.48. The molecule has 3 atom stereocenters. The maximum atomic E-state index is 11.2. The van der Waals surface area contributed by atoms with Gasteiger partial charge in [0.05, 0.1) is 5.75 Å². The summed E-state index contributed by atoms with van der Waals surface area (Å²) < 4.78 is 22.5. The first-order valence-corrected chi connectivity index (χ1v) is 8.59. The average molecular weight is 261 g/mol. The minimum atomic E-state index is -2.88. The molecule has 17 heavy (non-hydrogen) atoms. The van der Waals surface area contributed by atoms with Crippen molar-refractivity contribution < 1.29 is 8.42 Å². The summed E-state index contributed by atoms with van der Waals surface area (Å²) in [5.41, 5.74) is 0.442. The minimum absolute atomic E-state index is 0.0543. The second kappa shape index (κ2) is 5.27. The zero-order valence-corrected chi connectivity index (χ0v) is 12.6. The maximum Gasteiger partial charge on any atom is 0.148 e. The van der Waals surface area contributed by atoms with Gasteiger partial charge in [-0.05, 0) is 37.5 Å². The van der Waals surface area contributed by atoms with Gasteiger partial charge in [0.2, 0.25) is 0 Å². The fourth-order valence-corrected chi connectivity index (χ4v) is 4.07. The molecular formula is C13H27NO2S. The van der Waals surface area contributed by atoms with E-state index in [2.05, 4.69) is 26.1 Å². The van der Waals surface area contributed by atoms with E-state index >= 15 is 0 Å². The van der Waals surface area contributed by atoms with Crippen LogP contribution >= 0.6 is 0 Å². The summed E-state index contributed by atoms with van der Waals surface area (Å²) >= 11 is 0. The van der Waals surface area contributed by atoms with E-state index in [4.69, 9.17) is 0 Å². The molecule has 1 fully saturated rings. The van der Waals surface area contributed by atoms with E-state index < -0.39 is 9.84 Å². The first-order valence-electron chi connectivity index (χ1n) is 6.53. The molecule has 1 saturated carbocycles. The molecule has 3 unspecified atom stereocenters. The average Bonchev–Trinajstić information content (AvgIpc) is 2.06. The Kier molecular flexibility index (Phi) is 4.64. The van der Waals surface area contributed by atoms with Gasteiger partial charge in [0.1, 0.15) is 9.84 Å². The van der Waals surface area contributed by atoms with E-state index in [1.165, 1.54) is 19.1 Å². The smallest absolute Gasteiger partial charge is 0.148 e. The number of nitrogens with one attached hydrogen (secondary N) is 1. The lowest BCUT2D eigenvalue weighted by molar-refractivity contribution is 0.144. The summed E-state index contributed by atoms with van der Waals surface area (Å²) in [6.07, 6.45) is 4.90. The number of hydrogen-bond acceptors (Lipinski definition) is 3. The zero-order valence-electron chi connectivity index (χ0n) is 11.8. The van der Waals surface area contributed by atoms with E-state index in [1.807, 2.05) is 6.92 Å². The van der Waals surface area contributed by atoms with Gasteiger partial charge in [0.25, 0.3) is 0 Å². The number of sulfone groups is 1. The third-order valence-electron chi connectivity index (χ3n) is 3.74. The Hall–Kier alpha value is -0.0900. The lowest BCUT2D eigenvalue weighted by Gasteiger charge is -2.40. The molecule has 0 aromatic heterocycles. The van der Waals surface area contributed by atoms with E-state index in [1.54, 1.807) is 0 Å². The molecule has 3 nitrogen and oxygen atoms in total. The summed E-state index contributed by atoms with van der Waals surface area (Å²) in [4.78, 5) is 0. The van der Waals surface area contributed by atoms with Crippen LogP contribution in [0.25, 0.3) is 0 Å². The van der Waals surface area contributed by atoms with Crippen molar-refractivity contribution in [1.82, 2.24) is 5.32 Å². The van der Waals surface area contributed by atoms with Gasteiger partial charge in [0.15, 0.2) is 0 Å². The van der Waals surface area contributed by atoms with Gasteiger partial charge in [-0.3, -0.25) is 0 Å². The highest BCUT2D eigenvalue weighted by atomic mass is 32.2. The van der Waals surface area contributed by atoms with Crippen molar-refractivity contribution in [2.45, 2.75) is 59.0 Å². The molecule has 1 rings (SSSR count). The molecule has 0 saturated heterocycles. The van der Waals surface area contributed by atoms with Crippen LogP contribution in [0.3, 0.4) is 0 Å². The van der Waals surface area contributed by atoms with E-state index in [0.717, 1.165) is 6.42 Å². The van der Waals surface area contributed by atoms with Crippen LogP contribution < -0.4 is 5.32 Å². The summed E-state index contributed by atoms with van der Waals surface area (Å²) in [6.45, 7) is 8.87. The molecule has 0 heterocycles. The molecule has 1 N–H and O–H groups in total. The van der Waals surface area contributed by atoms with Crippen LogP contribution in [0.5, 0.6) is 0 Å². The predicted molar refractivity (Wildman–Crippen MR) is 72.9 cm³/mol. The lowest BCUT2D eigenvalue weighted by Crippen LogP contribution is -2.47. The summed E-state index contributed by atoms with van der Waals surface area (Å²) in [7, 11) is -2.88. The van der Waals surface area contributed by atoms with Gasteiger partial charge in [-0.25, -0.2) is 8.42 Å².